The van der Waals surface area contributed by atoms with Crippen molar-refractivity contribution in [1.82, 2.24) is 15.0 Å². The highest BCUT2D eigenvalue weighted by Gasteiger charge is 2.35. The highest BCUT2D eigenvalue weighted by molar-refractivity contribution is 7.91. The van der Waals surface area contributed by atoms with Gasteiger partial charge in [0.05, 0.1) is 22.0 Å². The molecule has 5 rings (SSSR count). The van der Waals surface area contributed by atoms with Crippen LogP contribution in [-0.4, -0.2) is 80.4 Å². The molecule has 11 heteroatoms. The molecule has 4 heterocycles. The molecule has 37 heavy (non-hydrogen) atoms. The molecule has 2 aliphatic heterocycles. The molecule has 2 saturated heterocycles. The highest BCUT2D eigenvalue weighted by atomic mass is 32.2. The number of halogens is 1. The minimum atomic E-state index is -3.08. The lowest BCUT2D eigenvalue weighted by molar-refractivity contribution is 0.0194. The number of pyridine rings is 1. The molecule has 2 fully saturated rings. The average molecular weight is 532 g/mol. The first-order valence-electron chi connectivity index (χ1n) is 13.8. The lowest BCUT2D eigenvalue weighted by Crippen LogP contribution is -2.54. The monoisotopic (exact) mass is 531 g/mol. The van der Waals surface area contributed by atoms with Crippen molar-refractivity contribution in [3.63, 3.8) is 0 Å². The van der Waals surface area contributed by atoms with E-state index in [1.165, 1.54) is 6.26 Å². The van der Waals surface area contributed by atoms with E-state index >= 15 is 0 Å². The second-order valence-corrected chi connectivity index (χ2v) is 12.4. The number of rotatable bonds is 7. The van der Waals surface area contributed by atoms with Crippen LogP contribution in [0.4, 0.5) is 27.7 Å². The molecule has 1 N–H and O–H groups in total. The van der Waals surface area contributed by atoms with Crippen LogP contribution < -0.4 is 15.1 Å². The zero-order valence-electron chi connectivity index (χ0n) is 24.1. The van der Waals surface area contributed by atoms with Crippen molar-refractivity contribution < 1.29 is 21.7 Å². The van der Waals surface area contributed by atoms with E-state index in [4.69, 9.17) is 8.85 Å². The Morgan fingerprint density at radius 3 is 2.65 bits per heavy atom. The summed E-state index contributed by atoms with van der Waals surface area (Å²) in [6, 6.07) is 7.76. The molecule has 1 aromatic carbocycles. The third-order valence-electron chi connectivity index (χ3n) is 7.14. The number of piperidine rings is 1. The Morgan fingerprint density at radius 2 is 1.95 bits per heavy atom. The molecule has 0 radical (unpaired) electrons. The first kappa shape index (κ1) is 22.0. The molecule has 0 amide bonds. The number of aromatic nitrogens is 3. The molecule has 0 spiro atoms. The predicted octanol–water partition coefficient (Wildman–Crippen LogP) is 3.69. The van der Waals surface area contributed by atoms with Gasteiger partial charge in [0.25, 0.3) is 0 Å². The van der Waals surface area contributed by atoms with Crippen molar-refractivity contribution in [2.75, 3.05) is 54.6 Å². The van der Waals surface area contributed by atoms with Gasteiger partial charge < -0.3 is 19.9 Å². The van der Waals surface area contributed by atoms with Crippen LogP contribution in [0.25, 0.3) is 10.8 Å². The fraction of sp³-hybridized carbons (Fsp3) is 0.500. The molecule has 2 aromatic heterocycles. The summed E-state index contributed by atoms with van der Waals surface area (Å²) in [5.41, 5.74) is 2.10. The maximum atomic E-state index is 14.7. The van der Waals surface area contributed by atoms with Crippen LogP contribution in [0.1, 0.15) is 35.9 Å². The standard InChI is InChI=1S/C26H33FN6O3S/c1-16(2)18-5-6-22(33-13-17(14-33)37(4,34)35)20-12-29-25(11-19(18)20)30-24-7-9-28-26(31-24)32-10-8-23(36-3)21(27)15-32/h5-7,9,11-12,16-17,21,23H,8,10,13-15H2,1-4H3,(H,28,29,30,31)/t21-,23+/m0/s1/i3D3. The van der Waals surface area contributed by atoms with Gasteiger partial charge in [-0.2, -0.15) is 4.98 Å². The van der Waals surface area contributed by atoms with Crippen molar-refractivity contribution in [2.45, 2.75) is 43.7 Å². The zero-order valence-corrected chi connectivity index (χ0v) is 21.9. The smallest absolute Gasteiger partial charge is 0.227 e. The first-order chi connectivity index (χ1) is 18.8. The van der Waals surface area contributed by atoms with E-state index in [0.29, 0.717) is 37.2 Å². The van der Waals surface area contributed by atoms with Crippen molar-refractivity contribution in [2.24, 2.45) is 0 Å². The molecule has 3 aromatic rings. The maximum absolute atomic E-state index is 14.7. The Bertz CT molecular complexity index is 1500. The lowest BCUT2D eigenvalue weighted by atomic mass is 9.95. The summed E-state index contributed by atoms with van der Waals surface area (Å²) < 4.78 is 65.1. The first-order valence-corrected chi connectivity index (χ1v) is 14.3. The summed E-state index contributed by atoms with van der Waals surface area (Å²) in [6.45, 7) is 5.43. The number of hydrogen-bond acceptors (Lipinski definition) is 9. The Labute approximate surface area is 221 Å². The quantitative estimate of drug-likeness (QED) is 0.489. The third-order valence-corrected chi connectivity index (χ3v) is 8.65. The largest absolute Gasteiger partial charge is 0.378 e. The van der Waals surface area contributed by atoms with E-state index < -0.39 is 29.2 Å². The summed E-state index contributed by atoms with van der Waals surface area (Å²) in [5, 5.41) is 4.82. The molecule has 198 valence electrons. The topological polar surface area (TPSA) is 101 Å². The molecule has 0 unspecified atom stereocenters. The van der Waals surface area contributed by atoms with Gasteiger partial charge in [-0.15, -0.1) is 0 Å². The van der Waals surface area contributed by atoms with Gasteiger partial charge in [-0.1, -0.05) is 19.9 Å². The van der Waals surface area contributed by atoms with Crippen LogP contribution >= 0.6 is 0 Å². The molecule has 2 aliphatic rings. The van der Waals surface area contributed by atoms with Crippen molar-refractivity contribution in [3.05, 3.63) is 42.2 Å². The van der Waals surface area contributed by atoms with Gasteiger partial charge >= 0.3 is 0 Å². The van der Waals surface area contributed by atoms with Crippen LogP contribution in [0.2, 0.25) is 0 Å². The molecule has 2 atom stereocenters. The minimum Gasteiger partial charge on any atom is -0.378 e. The van der Waals surface area contributed by atoms with Crippen LogP contribution in [0.3, 0.4) is 0 Å². The molecule has 0 aliphatic carbocycles. The summed E-state index contributed by atoms with van der Waals surface area (Å²) in [6.07, 6.45) is 2.36. The number of nitrogens with zero attached hydrogens (tertiary/aromatic N) is 5. The summed E-state index contributed by atoms with van der Waals surface area (Å²) in [5.74, 6) is 1.63. The zero-order chi connectivity index (χ0) is 28.8. The van der Waals surface area contributed by atoms with Gasteiger partial charge in [-0.3, -0.25) is 0 Å². The second kappa shape index (κ2) is 10.0. The Hall–Kier alpha value is -3.05. The molecule has 0 bridgehead atoms. The Morgan fingerprint density at radius 1 is 1.14 bits per heavy atom. The van der Waals surface area contributed by atoms with Crippen molar-refractivity contribution >= 4 is 43.9 Å². The number of hydrogen-bond donors (Lipinski definition) is 1. The normalized spacial score (nSPS) is 22.5. The van der Waals surface area contributed by atoms with E-state index in [9.17, 15) is 12.8 Å². The number of alkyl halides is 1. The van der Waals surface area contributed by atoms with Gasteiger partial charge in [0, 0.05) is 56.4 Å². The minimum absolute atomic E-state index is 0.0738. The van der Waals surface area contributed by atoms with Gasteiger partial charge in [-0.25, -0.2) is 22.8 Å². The van der Waals surface area contributed by atoms with Crippen LogP contribution in [0, 0.1) is 0 Å². The number of sulfone groups is 1. The number of ether oxygens (including phenoxy) is 1. The fourth-order valence-corrected chi connectivity index (χ4v) is 5.80. The highest BCUT2D eigenvalue weighted by Crippen LogP contribution is 2.36. The van der Waals surface area contributed by atoms with Crippen LogP contribution in [0.15, 0.2) is 36.7 Å². The van der Waals surface area contributed by atoms with Crippen LogP contribution in [0.5, 0.6) is 0 Å². The second-order valence-electron chi connectivity index (χ2n) is 10.1. The summed E-state index contributed by atoms with van der Waals surface area (Å²) >= 11 is 0. The van der Waals surface area contributed by atoms with Crippen molar-refractivity contribution in [3.8, 4) is 0 Å². The molecular formula is C26H33FN6O3S. The summed E-state index contributed by atoms with van der Waals surface area (Å²) in [7, 11) is -5.73. The summed E-state index contributed by atoms with van der Waals surface area (Å²) in [4.78, 5) is 17.2. The third kappa shape index (κ3) is 5.19. The fourth-order valence-electron chi connectivity index (χ4n) is 4.90. The number of methoxy groups -OCH3 is 1. The SMILES string of the molecule is [2H]C([2H])([2H])O[C@@H]1CCN(c2nccc(Nc3cc4c(C(C)C)ccc(N5CC(S(C)(=O)=O)C5)c4cn3)n2)C[C@@H]1F. The average Bonchev–Trinajstić information content (AvgIpc) is 2.82. The number of fused-ring (bicyclic) bond motifs is 1. The van der Waals surface area contributed by atoms with Gasteiger partial charge in [-0.05, 0) is 41.5 Å². The van der Waals surface area contributed by atoms with E-state index in [2.05, 4.69) is 45.1 Å². The van der Waals surface area contributed by atoms with E-state index in [-0.39, 0.29) is 24.1 Å². The van der Waals surface area contributed by atoms with Crippen molar-refractivity contribution in [1.29, 1.82) is 0 Å². The Kier molecular flexibility index (Phi) is 5.95. The number of anilines is 4. The molecule has 0 saturated carbocycles. The van der Waals surface area contributed by atoms with E-state index in [1.54, 1.807) is 23.4 Å². The molecule has 9 nitrogen and oxygen atoms in total. The van der Waals surface area contributed by atoms with Gasteiger partial charge in [0.2, 0.25) is 5.95 Å². The van der Waals surface area contributed by atoms with E-state index in [0.717, 1.165) is 22.0 Å². The lowest BCUT2D eigenvalue weighted by Gasteiger charge is -2.40. The number of benzene rings is 1. The van der Waals surface area contributed by atoms with Crippen LogP contribution in [-0.2, 0) is 14.6 Å². The predicted molar refractivity (Wildman–Crippen MR) is 145 cm³/mol. The van der Waals surface area contributed by atoms with Gasteiger partial charge in [0.15, 0.2) is 9.84 Å². The number of nitrogens with one attached hydrogen (secondary N) is 1. The Balaban J connectivity index is 1.35. The molecular weight excluding hydrogens is 495 g/mol. The van der Waals surface area contributed by atoms with Gasteiger partial charge in [0.1, 0.15) is 17.8 Å². The maximum Gasteiger partial charge on any atom is 0.227 e. The van der Waals surface area contributed by atoms with E-state index in [1.807, 2.05) is 12.1 Å².